The number of ether oxygens (including phenoxy) is 1. The summed E-state index contributed by atoms with van der Waals surface area (Å²) in [4.78, 5) is 36.2. The van der Waals surface area contributed by atoms with Gasteiger partial charge in [-0.15, -0.1) is 0 Å². The highest BCUT2D eigenvalue weighted by atomic mass is 16.5. The van der Waals surface area contributed by atoms with Crippen molar-refractivity contribution in [2.24, 2.45) is 5.92 Å². The second kappa shape index (κ2) is 7.89. The van der Waals surface area contributed by atoms with Crippen LogP contribution in [0.1, 0.15) is 23.7 Å². The molecule has 118 valence electrons. The molecule has 0 fully saturated rings. The van der Waals surface area contributed by atoms with Crippen LogP contribution in [0.5, 0.6) is 5.75 Å². The third-order valence-corrected chi connectivity index (χ3v) is 3.24. The van der Waals surface area contributed by atoms with Gasteiger partial charge in [-0.25, -0.2) is 0 Å². The number of carbonyl (C=O) groups excluding carboxylic acids is 3. The Bertz CT molecular complexity index is 683. The summed E-state index contributed by atoms with van der Waals surface area (Å²) in [7, 11) is 0. The maximum atomic E-state index is 12.2. The van der Waals surface area contributed by atoms with Crippen LogP contribution in [0.2, 0.25) is 0 Å². The second-order valence-electron chi connectivity index (χ2n) is 4.88. The van der Waals surface area contributed by atoms with Crippen molar-refractivity contribution in [3.8, 4) is 5.75 Å². The summed E-state index contributed by atoms with van der Waals surface area (Å²) >= 11 is 0. The van der Waals surface area contributed by atoms with E-state index in [-0.39, 0.29) is 6.42 Å². The summed E-state index contributed by atoms with van der Waals surface area (Å²) in [6, 6.07) is 16.8. The van der Waals surface area contributed by atoms with E-state index in [0.717, 1.165) is 0 Å². The molecule has 0 radical (unpaired) electrons. The van der Waals surface area contributed by atoms with E-state index in [1.165, 1.54) is 0 Å². The van der Waals surface area contributed by atoms with Gasteiger partial charge in [-0.3, -0.25) is 19.7 Å². The van der Waals surface area contributed by atoms with Gasteiger partial charge in [0.05, 0.1) is 0 Å². The number of para-hydroxylation sites is 1. The van der Waals surface area contributed by atoms with E-state index in [2.05, 4.69) is 5.32 Å². The summed E-state index contributed by atoms with van der Waals surface area (Å²) < 4.78 is 5.16. The Labute approximate surface area is 134 Å². The van der Waals surface area contributed by atoms with Crippen LogP contribution < -0.4 is 10.1 Å². The lowest BCUT2D eigenvalue weighted by Gasteiger charge is -2.13. The molecule has 0 heterocycles. The molecule has 0 saturated heterocycles. The fraction of sp³-hybridized carbons (Fsp3) is 0.167. The lowest BCUT2D eigenvalue weighted by Crippen LogP contribution is -2.40. The van der Waals surface area contributed by atoms with Crippen LogP contribution in [0.15, 0.2) is 60.7 Å². The molecule has 23 heavy (non-hydrogen) atoms. The van der Waals surface area contributed by atoms with Crippen LogP contribution in [0.25, 0.3) is 0 Å². The van der Waals surface area contributed by atoms with Crippen LogP contribution in [-0.4, -0.2) is 17.8 Å². The quantitative estimate of drug-likeness (QED) is 0.523. The molecule has 0 aliphatic rings. The number of amides is 2. The molecule has 0 saturated carbocycles. The molecule has 5 heteroatoms. The van der Waals surface area contributed by atoms with Gasteiger partial charge in [0.25, 0.3) is 5.91 Å². The van der Waals surface area contributed by atoms with Gasteiger partial charge in [0, 0.05) is 5.56 Å². The molecule has 2 aromatic rings. The largest absolute Gasteiger partial charge is 0.426 e. The van der Waals surface area contributed by atoms with Crippen molar-refractivity contribution in [3.63, 3.8) is 0 Å². The molecule has 1 unspecified atom stereocenters. The van der Waals surface area contributed by atoms with Crippen molar-refractivity contribution >= 4 is 17.8 Å². The van der Waals surface area contributed by atoms with Gasteiger partial charge in [-0.2, -0.15) is 0 Å². The summed E-state index contributed by atoms with van der Waals surface area (Å²) in [6.45, 7) is 1.68. The minimum atomic E-state index is -1.04. The Morgan fingerprint density at radius 2 is 1.52 bits per heavy atom. The number of carbonyl (C=O) groups is 3. The van der Waals surface area contributed by atoms with Gasteiger partial charge in [0.2, 0.25) is 5.91 Å². The molecule has 0 spiro atoms. The first-order valence-corrected chi connectivity index (χ1v) is 7.28. The number of benzene rings is 2. The Balaban J connectivity index is 2.01. The van der Waals surface area contributed by atoms with Crippen LogP contribution in [0.4, 0.5) is 0 Å². The highest BCUT2D eigenvalue weighted by Gasteiger charge is 2.28. The van der Waals surface area contributed by atoms with E-state index in [4.69, 9.17) is 4.74 Å². The molecule has 1 atom stereocenters. The minimum absolute atomic E-state index is 0.236. The SMILES string of the molecule is CCC(C(=O)NC(=O)c1ccccc1)C(=O)Oc1ccccc1. The number of nitrogens with one attached hydrogen (secondary N) is 1. The van der Waals surface area contributed by atoms with Crippen LogP contribution in [0.3, 0.4) is 0 Å². The fourth-order valence-corrected chi connectivity index (χ4v) is 2.00. The Morgan fingerprint density at radius 3 is 2.09 bits per heavy atom. The molecule has 0 aromatic heterocycles. The van der Waals surface area contributed by atoms with Gasteiger partial charge in [-0.05, 0) is 30.7 Å². The lowest BCUT2D eigenvalue weighted by atomic mass is 10.1. The van der Waals surface area contributed by atoms with Gasteiger partial charge < -0.3 is 4.74 Å². The molecule has 2 aromatic carbocycles. The van der Waals surface area contributed by atoms with E-state index >= 15 is 0 Å². The number of hydrogen-bond acceptors (Lipinski definition) is 4. The van der Waals surface area contributed by atoms with Gasteiger partial charge in [-0.1, -0.05) is 43.3 Å². The molecule has 1 N–H and O–H groups in total. The van der Waals surface area contributed by atoms with Gasteiger partial charge in [0.1, 0.15) is 11.7 Å². The first-order chi connectivity index (χ1) is 11.1. The highest BCUT2D eigenvalue weighted by molar-refractivity contribution is 6.10. The number of imide groups is 1. The number of esters is 1. The van der Waals surface area contributed by atoms with Crippen LogP contribution >= 0.6 is 0 Å². The van der Waals surface area contributed by atoms with Crippen molar-refractivity contribution in [2.45, 2.75) is 13.3 Å². The summed E-state index contributed by atoms with van der Waals surface area (Å²) in [6.07, 6.45) is 0.236. The molecular formula is C18H17NO4. The highest BCUT2D eigenvalue weighted by Crippen LogP contribution is 2.13. The summed E-state index contributed by atoms with van der Waals surface area (Å²) in [5, 5.41) is 2.24. The molecule has 0 aliphatic heterocycles. The Morgan fingerprint density at radius 1 is 0.957 bits per heavy atom. The van der Waals surface area contributed by atoms with Gasteiger partial charge in [0.15, 0.2) is 0 Å². The van der Waals surface area contributed by atoms with Crippen molar-refractivity contribution in [2.75, 3.05) is 0 Å². The standard InChI is InChI=1S/C18H17NO4/c1-2-15(18(22)23-14-11-7-4-8-12-14)17(21)19-16(20)13-9-5-3-6-10-13/h3-12,15H,2H2,1H3,(H,19,20,21). The van der Waals surface area contributed by atoms with Crippen molar-refractivity contribution in [1.29, 1.82) is 0 Å². The zero-order valence-corrected chi connectivity index (χ0v) is 12.7. The first-order valence-electron chi connectivity index (χ1n) is 7.28. The average Bonchev–Trinajstić information content (AvgIpc) is 2.57. The van der Waals surface area contributed by atoms with Crippen molar-refractivity contribution < 1.29 is 19.1 Å². The summed E-state index contributed by atoms with van der Waals surface area (Å²) in [5.41, 5.74) is 0.354. The molecule has 2 rings (SSSR count). The normalized spacial score (nSPS) is 11.3. The molecular weight excluding hydrogens is 294 g/mol. The van der Waals surface area contributed by atoms with E-state index in [0.29, 0.717) is 11.3 Å². The third kappa shape index (κ3) is 4.51. The van der Waals surface area contributed by atoms with E-state index < -0.39 is 23.7 Å². The fourth-order valence-electron chi connectivity index (χ4n) is 2.00. The predicted octanol–water partition coefficient (Wildman–Crippen LogP) is 2.57. The maximum absolute atomic E-state index is 12.2. The van der Waals surface area contributed by atoms with Crippen molar-refractivity contribution in [3.05, 3.63) is 66.2 Å². The molecule has 5 nitrogen and oxygen atoms in total. The third-order valence-electron chi connectivity index (χ3n) is 3.24. The van der Waals surface area contributed by atoms with Gasteiger partial charge >= 0.3 is 5.97 Å². The Kier molecular flexibility index (Phi) is 5.63. The zero-order chi connectivity index (χ0) is 16.7. The monoisotopic (exact) mass is 311 g/mol. The van der Waals surface area contributed by atoms with Crippen LogP contribution in [0, 0.1) is 5.92 Å². The predicted molar refractivity (Wildman–Crippen MR) is 84.8 cm³/mol. The average molecular weight is 311 g/mol. The van der Waals surface area contributed by atoms with Crippen LogP contribution in [-0.2, 0) is 9.59 Å². The molecule has 0 bridgehead atoms. The van der Waals surface area contributed by atoms with Crippen molar-refractivity contribution in [1.82, 2.24) is 5.32 Å². The zero-order valence-electron chi connectivity index (χ0n) is 12.7. The van der Waals surface area contributed by atoms with E-state index in [1.807, 2.05) is 0 Å². The second-order valence-corrected chi connectivity index (χ2v) is 4.88. The van der Waals surface area contributed by atoms with E-state index in [1.54, 1.807) is 67.6 Å². The minimum Gasteiger partial charge on any atom is -0.426 e. The first kappa shape index (κ1) is 16.4. The number of rotatable bonds is 5. The lowest BCUT2D eigenvalue weighted by molar-refractivity contribution is -0.144. The maximum Gasteiger partial charge on any atom is 0.323 e. The molecule has 2 amide bonds. The molecule has 0 aliphatic carbocycles. The topological polar surface area (TPSA) is 72.5 Å². The number of hydrogen-bond donors (Lipinski definition) is 1. The Hall–Kier alpha value is -2.95. The van der Waals surface area contributed by atoms with E-state index in [9.17, 15) is 14.4 Å². The smallest absolute Gasteiger partial charge is 0.323 e. The summed E-state index contributed by atoms with van der Waals surface area (Å²) in [5.74, 6) is -2.57.